The van der Waals surface area contributed by atoms with Crippen LogP contribution in [0, 0.1) is 0 Å². The number of pyridine rings is 2. The van der Waals surface area contributed by atoms with Gasteiger partial charge in [-0.1, -0.05) is 12.1 Å². The molecule has 4 heterocycles. The minimum atomic E-state index is 0.389. The number of aromatic nitrogens is 4. The van der Waals surface area contributed by atoms with E-state index in [0.29, 0.717) is 37.1 Å². The second-order valence-corrected chi connectivity index (χ2v) is 8.79. The molecular weight excluding hydrogens is 456 g/mol. The molecule has 1 saturated heterocycles. The van der Waals surface area contributed by atoms with Crippen molar-refractivity contribution in [3.63, 3.8) is 0 Å². The summed E-state index contributed by atoms with van der Waals surface area (Å²) in [7, 11) is 4.03. The first-order valence-corrected chi connectivity index (χ1v) is 11.9. The lowest BCUT2D eigenvalue weighted by atomic mass is 10.1. The third-order valence-corrected chi connectivity index (χ3v) is 5.91. The third kappa shape index (κ3) is 5.45. The molecule has 186 valence electrons. The van der Waals surface area contributed by atoms with Gasteiger partial charge in [0.2, 0.25) is 5.95 Å². The molecule has 3 aromatic heterocycles. The van der Waals surface area contributed by atoms with Gasteiger partial charge in [-0.05, 0) is 38.4 Å². The van der Waals surface area contributed by atoms with E-state index in [2.05, 4.69) is 30.1 Å². The Hall–Kier alpha value is -4.02. The number of morpholine rings is 1. The Morgan fingerprint density at radius 2 is 1.94 bits per heavy atom. The molecule has 0 atom stereocenters. The largest absolute Gasteiger partial charge is 0.492 e. The first-order valence-electron chi connectivity index (χ1n) is 11.9. The zero-order valence-corrected chi connectivity index (χ0v) is 20.5. The SMILES string of the molecule is CN(C)CCOc1ccnc(-c2cccc3c(N)nc(Nc4ccc(N5CCOCC5)nc4)nc23)c1. The summed E-state index contributed by atoms with van der Waals surface area (Å²) in [6.07, 6.45) is 3.51. The van der Waals surface area contributed by atoms with Crippen molar-refractivity contribution in [3.8, 4) is 17.0 Å². The Morgan fingerprint density at radius 1 is 1.08 bits per heavy atom. The highest BCUT2D eigenvalue weighted by molar-refractivity contribution is 5.98. The van der Waals surface area contributed by atoms with Crippen LogP contribution in [-0.2, 0) is 4.74 Å². The normalized spacial score (nSPS) is 13.8. The highest BCUT2D eigenvalue weighted by Gasteiger charge is 2.14. The number of hydrogen-bond donors (Lipinski definition) is 2. The molecule has 36 heavy (non-hydrogen) atoms. The van der Waals surface area contributed by atoms with Crippen molar-refractivity contribution in [1.29, 1.82) is 0 Å². The molecule has 0 aliphatic carbocycles. The Kier molecular flexibility index (Phi) is 7.06. The molecule has 4 aromatic rings. The van der Waals surface area contributed by atoms with E-state index in [1.165, 1.54) is 0 Å². The van der Waals surface area contributed by atoms with Crippen LogP contribution in [0.15, 0.2) is 54.9 Å². The van der Waals surface area contributed by atoms with Crippen LogP contribution in [0.25, 0.3) is 22.2 Å². The molecule has 3 N–H and O–H groups in total. The summed E-state index contributed by atoms with van der Waals surface area (Å²) in [5.74, 6) is 2.46. The van der Waals surface area contributed by atoms with E-state index in [9.17, 15) is 0 Å². The number of nitrogens with two attached hydrogens (primary N) is 1. The lowest BCUT2D eigenvalue weighted by Crippen LogP contribution is -2.36. The highest BCUT2D eigenvalue weighted by atomic mass is 16.5. The van der Waals surface area contributed by atoms with Gasteiger partial charge in [-0.15, -0.1) is 0 Å². The Morgan fingerprint density at radius 3 is 2.72 bits per heavy atom. The predicted molar refractivity (Wildman–Crippen MR) is 142 cm³/mol. The summed E-state index contributed by atoms with van der Waals surface area (Å²) in [6, 6.07) is 13.5. The van der Waals surface area contributed by atoms with Gasteiger partial charge < -0.3 is 30.3 Å². The Balaban J connectivity index is 1.41. The fourth-order valence-corrected chi connectivity index (χ4v) is 4.00. The van der Waals surface area contributed by atoms with Gasteiger partial charge in [0.15, 0.2) is 0 Å². The maximum atomic E-state index is 6.33. The number of para-hydroxylation sites is 1. The van der Waals surface area contributed by atoms with Gasteiger partial charge >= 0.3 is 0 Å². The van der Waals surface area contributed by atoms with Crippen LogP contribution in [0.4, 0.5) is 23.3 Å². The van der Waals surface area contributed by atoms with Crippen LogP contribution in [0.5, 0.6) is 5.75 Å². The Labute approximate surface area is 210 Å². The van der Waals surface area contributed by atoms with E-state index in [1.807, 2.05) is 56.6 Å². The maximum absolute atomic E-state index is 6.33. The van der Waals surface area contributed by atoms with E-state index in [0.717, 1.165) is 53.5 Å². The van der Waals surface area contributed by atoms with Crippen molar-refractivity contribution in [2.24, 2.45) is 0 Å². The number of nitrogens with zero attached hydrogens (tertiary/aromatic N) is 6. The number of anilines is 4. The molecule has 0 saturated carbocycles. The number of nitrogens with one attached hydrogen (secondary N) is 1. The zero-order chi connectivity index (χ0) is 24.9. The molecule has 1 aliphatic rings. The third-order valence-electron chi connectivity index (χ3n) is 5.91. The van der Waals surface area contributed by atoms with Gasteiger partial charge in [-0.25, -0.2) is 9.97 Å². The van der Waals surface area contributed by atoms with Gasteiger partial charge in [-0.3, -0.25) is 4.98 Å². The predicted octanol–water partition coefficient (Wildman–Crippen LogP) is 3.19. The number of nitrogen functional groups attached to an aromatic ring is 1. The van der Waals surface area contributed by atoms with E-state index in [-0.39, 0.29) is 0 Å². The quantitative estimate of drug-likeness (QED) is 0.385. The molecule has 5 rings (SSSR count). The molecule has 1 aromatic carbocycles. The van der Waals surface area contributed by atoms with Gasteiger partial charge in [0.05, 0.1) is 36.3 Å². The molecule has 0 bridgehead atoms. The number of rotatable bonds is 8. The molecule has 10 nitrogen and oxygen atoms in total. The monoisotopic (exact) mass is 486 g/mol. The number of likely N-dealkylation sites (N-methyl/N-ethyl adjacent to an activating group) is 1. The first kappa shape index (κ1) is 23.7. The van der Waals surface area contributed by atoms with Crippen LogP contribution in [0.1, 0.15) is 0 Å². The fraction of sp³-hybridized carbons (Fsp3) is 0.308. The zero-order valence-electron chi connectivity index (χ0n) is 20.5. The van der Waals surface area contributed by atoms with Gasteiger partial charge in [0.25, 0.3) is 0 Å². The number of fused-ring (bicyclic) bond motifs is 1. The molecule has 0 spiro atoms. The van der Waals surface area contributed by atoms with E-state index >= 15 is 0 Å². The molecule has 0 radical (unpaired) electrons. The van der Waals surface area contributed by atoms with Crippen molar-refractivity contribution in [2.75, 3.05) is 69.5 Å². The second-order valence-electron chi connectivity index (χ2n) is 8.79. The lowest BCUT2D eigenvalue weighted by Gasteiger charge is -2.27. The topological polar surface area (TPSA) is 115 Å². The standard InChI is InChI=1S/C26H30N8O2/c1-33(2)10-15-36-19-8-9-28-22(16-19)20-4-3-5-21-24(20)31-26(32-25(21)27)30-18-6-7-23(29-17-18)34-11-13-35-14-12-34/h3-9,16-17H,10-15H2,1-2H3,(H3,27,30,31,32). The lowest BCUT2D eigenvalue weighted by molar-refractivity contribution is 0.122. The van der Waals surface area contributed by atoms with Gasteiger partial charge in [0.1, 0.15) is 24.0 Å². The summed E-state index contributed by atoms with van der Waals surface area (Å²) in [5, 5.41) is 4.00. The van der Waals surface area contributed by atoms with Gasteiger partial charge in [0, 0.05) is 42.8 Å². The average Bonchev–Trinajstić information content (AvgIpc) is 2.89. The van der Waals surface area contributed by atoms with Gasteiger partial charge in [-0.2, -0.15) is 4.98 Å². The first-order chi connectivity index (χ1) is 17.6. The van der Waals surface area contributed by atoms with Crippen molar-refractivity contribution >= 4 is 34.2 Å². The molecule has 10 heteroatoms. The Bertz CT molecular complexity index is 1320. The van der Waals surface area contributed by atoms with Crippen LogP contribution in [-0.4, -0.2) is 78.4 Å². The summed E-state index contributed by atoms with van der Waals surface area (Å²) in [6.45, 7) is 4.52. The molecule has 1 aliphatic heterocycles. The molecular formula is C26H30N8O2. The van der Waals surface area contributed by atoms with Crippen molar-refractivity contribution in [1.82, 2.24) is 24.8 Å². The van der Waals surface area contributed by atoms with Crippen LogP contribution < -0.4 is 20.7 Å². The van der Waals surface area contributed by atoms with E-state index < -0.39 is 0 Å². The molecule has 1 fully saturated rings. The summed E-state index contributed by atoms with van der Waals surface area (Å²) >= 11 is 0. The summed E-state index contributed by atoms with van der Waals surface area (Å²) in [5.41, 5.74) is 9.42. The molecule has 0 unspecified atom stereocenters. The van der Waals surface area contributed by atoms with Crippen LogP contribution >= 0.6 is 0 Å². The van der Waals surface area contributed by atoms with Crippen molar-refractivity contribution < 1.29 is 9.47 Å². The second kappa shape index (κ2) is 10.7. The molecule has 0 amide bonds. The van der Waals surface area contributed by atoms with E-state index in [4.69, 9.17) is 20.2 Å². The number of hydrogen-bond acceptors (Lipinski definition) is 10. The minimum Gasteiger partial charge on any atom is -0.492 e. The highest BCUT2D eigenvalue weighted by Crippen LogP contribution is 2.31. The average molecular weight is 487 g/mol. The van der Waals surface area contributed by atoms with Crippen molar-refractivity contribution in [2.45, 2.75) is 0 Å². The number of ether oxygens (including phenoxy) is 2. The fourth-order valence-electron chi connectivity index (χ4n) is 4.00. The summed E-state index contributed by atoms with van der Waals surface area (Å²) < 4.78 is 11.3. The van der Waals surface area contributed by atoms with Crippen molar-refractivity contribution in [3.05, 3.63) is 54.9 Å². The maximum Gasteiger partial charge on any atom is 0.229 e. The minimum absolute atomic E-state index is 0.389. The number of benzene rings is 1. The smallest absolute Gasteiger partial charge is 0.229 e. The van der Waals surface area contributed by atoms with E-state index in [1.54, 1.807) is 12.4 Å². The van der Waals surface area contributed by atoms with Crippen LogP contribution in [0.2, 0.25) is 0 Å². The summed E-state index contributed by atoms with van der Waals surface area (Å²) in [4.78, 5) is 22.7. The van der Waals surface area contributed by atoms with Crippen LogP contribution in [0.3, 0.4) is 0 Å².